The van der Waals surface area contributed by atoms with Crippen LogP contribution in [0.4, 0.5) is 0 Å². The van der Waals surface area contributed by atoms with Crippen LogP contribution in [-0.2, 0) is 11.3 Å². The van der Waals surface area contributed by atoms with Crippen molar-refractivity contribution in [1.82, 2.24) is 14.9 Å². The number of carbonyl (C=O) groups is 1. The minimum absolute atomic E-state index is 0.0130. The van der Waals surface area contributed by atoms with Crippen LogP contribution in [0.5, 0.6) is 0 Å². The van der Waals surface area contributed by atoms with Gasteiger partial charge < -0.3 is 15.6 Å². The van der Waals surface area contributed by atoms with Crippen molar-refractivity contribution in [2.75, 3.05) is 6.54 Å². The van der Waals surface area contributed by atoms with Crippen molar-refractivity contribution in [2.24, 2.45) is 11.7 Å². The molecular weight excluding hydrogens is 264 g/mol. The van der Waals surface area contributed by atoms with Crippen molar-refractivity contribution in [3.05, 3.63) is 30.6 Å². The summed E-state index contributed by atoms with van der Waals surface area (Å²) >= 11 is 0. The second-order valence-electron chi connectivity index (χ2n) is 5.77. The van der Waals surface area contributed by atoms with Gasteiger partial charge in [0.25, 0.3) is 0 Å². The third kappa shape index (κ3) is 3.08. The average Bonchev–Trinajstić information content (AvgIpc) is 3.10. The standard InChI is InChI=1S/C16H22N4O/c17-13-6-3-5-12(13)16(21)18-9-4-10-20-11-19-14-7-1-2-8-15(14)20/h1-2,7-8,11-13H,3-6,9-10,17H2,(H,18,21). The fourth-order valence-electron chi connectivity index (χ4n) is 3.09. The Balaban J connectivity index is 1.47. The molecule has 3 N–H and O–H groups in total. The molecule has 21 heavy (non-hydrogen) atoms. The summed E-state index contributed by atoms with van der Waals surface area (Å²) in [7, 11) is 0. The van der Waals surface area contributed by atoms with Gasteiger partial charge in [-0.25, -0.2) is 4.98 Å². The zero-order valence-electron chi connectivity index (χ0n) is 12.2. The van der Waals surface area contributed by atoms with Crippen LogP contribution in [0, 0.1) is 5.92 Å². The normalized spacial score (nSPS) is 21.8. The van der Waals surface area contributed by atoms with Gasteiger partial charge in [-0.3, -0.25) is 4.79 Å². The molecule has 1 saturated carbocycles. The molecular formula is C16H22N4O. The van der Waals surface area contributed by atoms with Crippen molar-refractivity contribution in [3.63, 3.8) is 0 Å². The predicted octanol–water partition coefficient (Wildman–Crippen LogP) is 1.67. The van der Waals surface area contributed by atoms with Gasteiger partial charge in [0, 0.05) is 19.1 Å². The van der Waals surface area contributed by atoms with Crippen molar-refractivity contribution in [3.8, 4) is 0 Å². The van der Waals surface area contributed by atoms with E-state index in [1.165, 1.54) is 0 Å². The third-order valence-electron chi connectivity index (χ3n) is 4.31. The monoisotopic (exact) mass is 286 g/mol. The highest BCUT2D eigenvalue weighted by Gasteiger charge is 2.29. The van der Waals surface area contributed by atoms with Crippen molar-refractivity contribution in [2.45, 2.75) is 38.3 Å². The lowest BCUT2D eigenvalue weighted by Crippen LogP contribution is -2.39. The van der Waals surface area contributed by atoms with Gasteiger partial charge in [-0.2, -0.15) is 0 Å². The Kier molecular flexibility index (Phi) is 4.20. The summed E-state index contributed by atoms with van der Waals surface area (Å²) in [6, 6.07) is 8.13. The summed E-state index contributed by atoms with van der Waals surface area (Å²) in [6.45, 7) is 1.55. The molecule has 0 spiro atoms. The summed E-state index contributed by atoms with van der Waals surface area (Å²) < 4.78 is 2.13. The van der Waals surface area contributed by atoms with Gasteiger partial charge in [0.15, 0.2) is 0 Å². The molecule has 1 aliphatic carbocycles. The lowest BCUT2D eigenvalue weighted by atomic mass is 10.0. The van der Waals surface area contributed by atoms with Crippen LogP contribution in [0.25, 0.3) is 11.0 Å². The number of hydrogen-bond acceptors (Lipinski definition) is 3. The number of amides is 1. The van der Waals surface area contributed by atoms with E-state index >= 15 is 0 Å². The van der Waals surface area contributed by atoms with Crippen LogP contribution in [0.3, 0.4) is 0 Å². The predicted molar refractivity (Wildman–Crippen MR) is 82.7 cm³/mol. The maximum absolute atomic E-state index is 12.0. The van der Waals surface area contributed by atoms with E-state index in [2.05, 4.69) is 20.9 Å². The fraction of sp³-hybridized carbons (Fsp3) is 0.500. The molecule has 112 valence electrons. The molecule has 5 nitrogen and oxygen atoms in total. The maximum Gasteiger partial charge on any atom is 0.224 e. The molecule has 1 aromatic heterocycles. The number of nitrogens with zero attached hydrogens (tertiary/aromatic N) is 2. The SMILES string of the molecule is NC1CCCC1C(=O)NCCCn1cnc2ccccc21. The Labute approximate surface area is 124 Å². The number of nitrogens with two attached hydrogens (primary N) is 1. The molecule has 1 amide bonds. The number of para-hydroxylation sites is 2. The van der Waals surface area contributed by atoms with Gasteiger partial charge in [0.05, 0.1) is 23.3 Å². The van der Waals surface area contributed by atoms with E-state index in [0.717, 1.165) is 43.3 Å². The zero-order chi connectivity index (χ0) is 14.7. The summed E-state index contributed by atoms with van der Waals surface area (Å²) in [6.07, 6.45) is 5.73. The molecule has 2 unspecified atom stereocenters. The number of fused-ring (bicyclic) bond motifs is 1. The van der Waals surface area contributed by atoms with Gasteiger partial charge in [-0.05, 0) is 31.4 Å². The molecule has 5 heteroatoms. The smallest absolute Gasteiger partial charge is 0.224 e. The number of aromatic nitrogens is 2. The quantitative estimate of drug-likeness (QED) is 0.821. The molecule has 2 aromatic rings. The van der Waals surface area contributed by atoms with E-state index < -0.39 is 0 Å². The third-order valence-corrected chi connectivity index (χ3v) is 4.31. The summed E-state index contributed by atoms with van der Waals surface area (Å²) in [5, 5.41) is 3.01. The first-order valence-corrected chi connectivity index (χ1v) is 7.69. The Hall–Kier alpha value is -1.88. The number of hydrogen-bond donors (Lipinski definition) is 2. The van der Waals surface area contributed by atoms with Crippen LogP contribution in [0.2, 0.25) is 0 Å². The number of carbonyl (C=O) groups excluding carboxylic acids is 1. The number of benzene rings is 1. The Morgan fingerprint density at radius 1 is 1.38 bits per heavy atom. The van der Waals surface area contributed by atoms with E-state index in [-0.39, 0.29) is 17.9 Å². The van der Waals surface area contributed by atoms with Crippen LogP contribution < -0.4 is 11.1 Å². The molecule has 3 rings (SSSR count). The molecule has 0 radical (unpaired) electrons. The summed E-state index contributed by atoms with van der Waals surface area (Å²) in [5.41, 5.74) is 8.10. The largest absolute Gasteiger partial charge is 0.356 e. The lowest BCUT2D eigenvalue weighted by molar-refractivity contribution is -0.125. The van der Waals surface area contributed by atoms with Gasteiger partial charge in [-0.15, -0.1) is 0 Å². The first-order valence-electron chi connectivity index (χ1n) is 7.69. The highest BCUT2D eigenvalue weighted by Crippen LogP contribution is 2.23. The van der Waals surface area contributed by atoms with Gasteiger partial charge in [0.1, 0.15) is 0 Å². The van der Waals surface area contributed by atoms with Gasteiger partial charge in [0.2, 0.25) is 5.91 Å². The Morgan fingerprint density at radius 3 is 3.05 bits per heavy atom. The number of aryl methyl sites for hydroxylation is 1. The van der Waals surface area contributed by atoms with Gasteiger partial charge >= 0.3 is 0 Å². The highest BCUT2D eigenvalue weighted by atomic mass is 16.1. The molecule has 1 fully saturated rings. The zero-order valence-corrected chi connectivity index (χ0v) is 12.2. The van der Waals surface area contributed by atoms with E-state index in [0.29, 0.717) is 6.54 Å². The molecule has 1 heterocycles. The van der Waals surface area contributed by atoms with E-state index in [4.69, 9.17) is 5.73 Å². The van der Waals surface area contributed by atoms with E-state index in [1.54, 1.807) is 0 Å². The van der Waals surface area contributed by atoms with Crippen molar-refractivity contribution < 1.29 is 4.79 Å². The van der Waals surface area contributed by atoms with Crippen LogP contribution >= 0.6 is 0 Å². The first-order chi connectivity index (χ1) is 10.3. The minimum atomic E-state index is 0.0130. The van der Waals surface area contributed by atoms with Crippen LogP contribution in [-0.4, -0.2) is 28.0 Å². The van der Waals surface area contributed by atoms with E-state index in [1.807, 2.05) is 24.5 Å². The summed E-state index contributed by atoms with van der Waals surface area (Å²) in [5.74, 6) is 0.134. The topological polar surface area (TPSA) is 72.9 Å². The highest BCUT2D eigenvalue weighted by molar-refractivity contribution is 5.79. The lowest BCUT2D eigenvalue weighted by Gasteiger charge is -2.15. The first kappa shape index (κ1) is 14.1. The number of imidazole rings is 1. The van der Waals surface area contributed by atoms with E-state index in [9.17, 15) is 4.79 Å². The number of rotatable bonds is 5. The minimum Gasteiger partial charge on any atom is -0.356 e. The summed E-state index contributed by atoms with van der Waals surface area (Å²) in [4.78, 5) is 16.4. The average molecular weight is 286 g/mol. The molecule has 1 aliphatic rings. The Morgan fingerprint density at radius 2 is 2.24 bits per heavy atom. The second-order valence-corrected chi connectivity index (χ2v) is 5.77. The fourth-order valence-corrected chi connectivity index (χ4v) is 3.09. The molecule has 0 aliphatic heterocycles. The molecule has 1 aromatic carbocycles. The molecule has 2 atom stereocenters. The van der Waals surface area contributed by atoms with Crippen molar-refractivity contribution in [1.29, 1.82) is 0 Å². The molecule has 0 bridgehead atoms. The van der Waals surface area contributed by atoms with Crippen LogP contribution in [0.15, 0.2) is 30.6 Å². The Bertz CT molecular complexity index is 622. The molecule has 0 saturated heterocycles. The van der Waals surface area contributed by atoms with Gasteiger partial charge in [-0.1, -0.05) is 18.6 Å². The van der Waals surface area contributed by atoms with Crippen molar-refractivity contribution >= 4 is 16.9 Å². The second kappa shape index (κ2) is 6.26. The number of nitrogens with one attached hydrogen (secondary N) is 1. The maximum atomic E-state index is 12.0. The van der Waals surface area contributed by atoms with Crippen LogP contribution in [0.1, 0.15) is 25.7 Å².